The molecule has 0 aromatic rings. The van der Waals surface area contributed by atoms with Gasteiger partial charge in [0.25, 0.3) is 0 Å². The minimum Gasteiger partial charge on any atom is -0.244 e. The lowest BCUT2D eigenvalue weighted by Gasteiger charge is -2.46. The van der Waals surface area contributed by atoms with Gasteiger partial charge in [-0.25, -0.2) is 13.2 Å². The Morgan fingerprint density at radius 2 is 1.30 bits per heavy atom. The van der Waals surface area contributed by atoms with Gasteiger partial charge in [0.2, 0.25) is 0 Å². The van der Waals surface area contributed by atoms with E-state index in [2.05, 4.69) is 6.92 Å². The molecule has 6 atom stereocenters. The summed E-state index contributed by atoms with van der Waals surface area (Å²) in [6.07, 6.45) is 3.18. The van der Waals surface area contributed by atoms with Crippen molar-refractivity contribution >= 4 is 0 Å². The van der Waals surface area contributed by atoms with Crippen molar-refractivity contribution in [2.45, 2.75) is 76.8 Å². The summed E-state index contributed by atoms with van der Waals surface area (Å²) in [5.74, 6) is 2.11. The SMILES string of the molecule is CC1CCC(C2CCC3C(CC(F)C(F)C3F)C2)CC1. The number of fused-ring (bicyclic) bond motifs is 1. The Balaban J connectivity index is 1.60. The molecule has 3 rings (SSSR count). The fourth-order valence-corrected chi connectivity index (χ4v) is 5.05. The molecule has 0 radical (unpaired) electrons. The number of alkyl halides is 3. The van der Waals surface area contributed by atoms with Gasteiger partial charge in [-0.3, -0.25) is 0 Å². The maximum absolute atomic E-state index is 14.0. The van der Waals surface area contributed by atoms with E-state index < -0.39 is 18.5 Å². The van der Waals surface area contributed by atoms with Crippen molar-refractivity contribution < 1.29 is 13.2 Å². The molecule has 0 heterocycles. The molecule has 6 unspecified atom stereocenters. The summed E-state index contributed by atoms with van der Waals surface area (Å²) in [6.45, 7) is 2.32. The Hall–Kier alpha value is -0.210. The van der Waals surface area contributed by atoms with E-state index in [1.807, 2.05) is 0 Å². The summed E-state index contributed by atoms with van der Waals surface area (Å²) < 4.78 is 41.1. The number of hydrogen-bond donors (Lipinski definition) is 0. The van der Waals surface area contributed by atoms with Crippen LogP contribution in [0.5, 0.6) is 0 Å². The second-order valence-electron chi connectivity index (χ2n) is 7.66. The minimum absolute atomic E-state index is 0.0881. The maximum Gasteiger partial charge on any atom is 0.162 e. The van der Waals surface area contributed by atoms with Crippen LogP contribution in [0.1, 0.15) is 58.3 Å². The summed E-state index contributed by atoms with van der Waals surface area (Å²) in [4.78, 5) is 0. The molecular weight excluding hydrogens is 261 g/mol. The largest absolute Gasteiger partial charge is 0.244 e. The van der Waals surface area contributed by atoms with Crippen LogP contribution in [0.4, 0.5) is 13.2 Å². The van der Waals surface area contributed by atoms with E-state index >= 15 is 0 Å². The molecule has 0 spiro atoms. The van der Waals surface area contributed by atoms with Gasteiger partial charge in [-0.05, 0) is 68.1 Å². The van der Waals surface area contributed by atoms with Crippen molar-refractivity contribution in [3.63, 3.8) is 0 Å². The van der Waals surface area contributed by atoms with Gasteiger partial charge in [0.15, 0.2) is 6.17 Å². The molecule has 0 aromatic heterocycles. The van der Waals surface area contributed by atoms with Gasteiger partial charge >= 0.3 is 0 Å². The fraction of sp³-hybridized carbons (Fsp3) is 1.00. The molecule has 3 saturated carbocycles. The van der Waals surface area contributed by atoms with Gasteiger partial charge in [0.05, 0.1) is 0 Å². The third-order valence-corrected chi connectivity index (χ3v) is 6.40. The zero-order valence-corrected chi connectivity index (χ0v) is 12.4. The van der Waals surface area contributed by atoms with Crippen LogP contribution in [-0.2, 0) is 0 Å². The Bertz CT molecular complexity index is 324. The van der Waals surface area contributed by atoms with Crippen molar-refractivity contribution in [3.05, 3.63) is 0 Å². The Labute approximate surface area is 120 Å². The highest BCUT2D eigenvalue weighted by atomic mass is 19.2. The van der Waals surface area contributed by atoms with Crippen molar-refractivity contribution in [2.75, 3.05) is 0 Å². The molecule has 0 amide bonds. The molecule has 0 aliphatic heterocycles. The van der Waals surface area contributed by atoms with Crippen LogP contribution in [0.15, 0.2) is 0 Å². The summed E-state index contributed by atoms with van der Waals surface area (Å²) in [5.41, 5.74) is 0. The van der Waals surface area contributed by atoms with Crippen LogP contribution >= 0.6 is 0 Å². The zero-order chi connectivity index (χ0) is 14.3. The predicted molar refractivity (Wildman–Crippen MR) is 74.7 cm³/mol. The molecule has 20 heavy (non-hydrogen) atoms. The van der Waals surface area contributed by atoms with E-state index in [-0.39, 0.29) is 18.3 Å². The molecule has 116 valence electrons. The monoisotopic (exact) mass is 288 g/mol. The first kappa shape index (κ1) is 14.7. The highest BCUT2D eigenvalue weighted by Crippen LogP contribution is 2.49. The van der Waals surface area contributed by atoms with E-state index in [9.17, 15) is 13.2 Å². The Kier molecular flexibility index (Phi) is 4.33. The van der Waals surface area contributed by atoms with Gasteiger partial charge in [-0.1, -0.05) is 19.8 Å². The maximum atomic E-state index is 14.0. The quantitative estimate of drug-likeness (QED) is 0.617. The van der Waals surface area contributed by atoms with E-state index in [4.69, 9.17) is 0 Å². The molecule has 3 fully saturated rings. The average Bonchev–Trinajstić information content (AvgIpc) is 2.45. The number of hydrogen-bond acceptors (Lipinski definition) is 0. The second-order valence-corrected chi connectivity index (χ2v) is 7.66. The predicted octanol–water partition coefficient (Wildman–Crippen LogP) is 5.26. The molecule has 3 aliphatic carbocycles. The standard InChI is InChI=1S/C17H27F3/c1-10-2-4-11(5-3-10)12-6-7-14-13(8-12)9-15(18)17(20)16(14)19/h10-17H,2-9H2,1H3. The third kappa shape index (κ3) is 2.74. The first-order valence-electron chi connectivity index (χ1n) is 8.48. The lowest BCUT2D eigenvalue weighted by atomic mass is 9.61. The van der Waals surface area contributed by atoms with Gasteiger partial charge in [-0.15, -0.1) is 0 Å². The lowest BCUT2D eigenvalue weighted by Crippen LogP contribution is -2.47. The Morgan fingerprint density at radius 3 is 2.00 bits per heavy atom. The first-order chi connectivity index (χ1) is 9.56. The van der Waals surface area contributed by atoms with Gasteiger partial charge in [-0.2, -0.15) is 0 Å². The van der Waals surface area contributed by atoms with Crippen LogP contribution in [0.3, 0.4) is 0 Å². The molecule has 0 saturated heterocycles. The molecule has 3 heteroatoms. The first-order valence-corrected chi connectivity index (χ1v) is 8.48. The van der Waals surface area contributed by atoms with Crippen molar-refractivity contribution in [3.8, 4) is 0 Å². The van der Waals surface area contributed by atoms with E-state index in [1.165, 1.54) is 25.7 Å². The van der Waals surface area contributed by atoms with Crippen molar-refractivity contribution in [1.82, 2.24) is 0 Å². The minimum atomic E-state index is -1.87. The van der Waals surface area contributed by atoms with Crippen LogP contribution in [0, 0.1) is 29.6 Å². The van der Waals surface area contributed by atoms with E-state index in [1.54, 1.807) is 0 Å². The van der Waals surface area contributed by atoms with Crippen molar-refractivity contribution in [1.29, 1.82) is 0 Å². The summed E-state index contributed by atoms with van der Waals surface area (Å²) in [7, 11) is 0. The van der Waals surface area contributed by atoms with E-state index in [0.717, 1.165) is 31.1 Å². The van der Waals surface area contributed by atoms with Crippen molar-refractivity contribution in [2.24, 2.45) is 29.6 Å². The van der Waals surface area contributed by atoms with Crippen LogP contribution < -0.4 is 0 Å². The summed E-state index contributed by atoms with van der Waals surface area (Å²) >= 11 is 0. The topological polar surface area (TPSA) is 0 Å². The van der Waals surface area contributed by atoms with Crippen LogP contribution in [-0.4, -0.2) is 18.5 Å². The fourth-order valence-electron chi connectivity index (χ4n) is 5.05. The number of halogens is 3. The number of rotatable bonds is 1. The molecule has 0 bridgehead atoms. The third-order valence-electron chi connectivity index (χ3n) is 6.40. The normalized spacial score (nSPS) is 53.4. The summed E-state index contributed by atoms with van der Waals surface area (Å²) in [5, 5.41) is 0. The molecular formula is C17H27F3. The zero-order valence-electron chi connectivity index (χ0n) is 12.4. The molecule has 3 aliphatic rings. The van der Waals surface area contributed by atoms with Gasteiger partial charge in [0.1, 0.15) is 12.3 Å². The molecule has 0 nitrogen and oxygen atoms in total. The highest BCUT2D eigenvalue weighted by molar-refractivity contribution is 4.97. The molecule has 0 N–H and O–H groups in total. The molecule has 0 aromatic carbocycles. The van der Waals surface area contributed by atoms with Gasteiger partial charge in [0, 0.05) is 0 Å². The Morgan fingerprint density at radius 1 is 0.650 bits per heavy atom. The lowest BCUT2D eigenvalue weighted by molar-refractivity contribution is -0.0573. The summed E-state index contributed by atoms with van der Waals surface area (Å²) in [6, 6.07) is 0. The van der Waals surface area contributed by atoms with Crippen LogP contribution in [0.25, 0.3) is 0 Å². The smallest absolute Gasteiger partial charge is 0.162 e. The van der Waals surface area contributed by atoms with Gasteiger partial charge < -0.3 is 0 Å². The highest BCUT2D eigenvalue weighted by Gasteiger charge is 2.48. The van der Waals surface area contributed by atoms with E-state index in [0.29, 0.717) is 5.92 Å². The van der Waals surface area contributed by atoms with Crippen LogP contribution in [0.2, 0.25) is 0 Å². The second kappa shape index (κ2) is 5.88. The average molecular weight is 288 g/mol.